The van der Waals surface area contributed by atoms with E-state index < -0.39 is 23.2 Å². The summed E-state index contributed by atoms with van der Waals surface area (Å²) in [6.45, 7) is 2.72. The van der Waals surface area contributed by atoms with Crippen LogP contribution in [0.15, 0.2) is 48.5 Å². The van der Waals surface area contributed by atoms with E-state index in [4.69, 9.17) is 5.26 Å². The molecule has 2 heterocycles. The van der Waals surface area contributed by atoms with Gasteiger partial charge in [-0.3, -0.25) is 9.59 Å². The molecule has 0 aliphatic carbocycles. The summed E-state index contributed by atoms with van der Waals surface area (Å²) in [5.41, 5.74) is 0.183. The van der Waals surface area contributed by atoms with Gasteiger partial charge in [0.1, 0.15) is 0 Å². The molecule has 2 aliphatic rings. The summed E-state index contributed by atoms with van der Waals surface area (Å²) in [5, 5.41) is 17.9. The minimum Gasteiger partial charge on any atom is -0.372 e. The third kappa shape index (κ3) is 5.79. The van der Waals surface area contributed by atoms with Gasteiger partial charge in [0.25, 0.3) is 5.91 Å². The maximum absolute atomic E-state index is 12.9. The molecule has 2 aliphatic heterocycles. The van der Waals surface area contributed by atoms with Gasteiger partial charge in [-0.15, -0.1) is 0 Å². The molecule has 36 heavy (non-hydrogen) atoms. The molecule has 0 bridgehead atoms. The highest BCUT2D eigenvalue weighted by atomic mass is 19.4. The van der Waals surface area contributed by atoms with Crippen LogP contribution in [0, 0.1) is 17.2 Å². The zero-order valence-electron chi connectivity index (χ0n) is 19.7. The molecule has 2 aromatic carbocycles. The first kappa shape index (κ1) is 25.5. The highest BCUT2D eigenvalue weighted by Gasteiger charge is 2.43. The molecule has 2 fully saturated rings. The number of benzene rings is 2. The molecule has 2 saturated heterocycles. The Balaban J connectivity index is 1.33. The van der Waals surface area contributed by atoms with Crippen LogP contribution < -0.4 is 20.9 Å². The molecule has 0 radical (unpaired) electrons. The Morgan fingerprint density at radius 1 is 1.14 bits per heavy atom. The number of hydrogen-bond donors (Lipinski definition) is 3. The molecule has 3 N–H and O–H groups in total. The lowest BCUT2D eigenvalue weighted by molar-refractivity contribution is -0.137. The third-order valence-corrected chi connectivity index (χ3v) is 7.08. The van der Waals surface area contributed by atoms with Crippen LogP contribution in [0.3, 0.4) is 0 Å². The van der Waals surface area contributed by atoms with E-state index in [2.05, 4.69) is 26.9 Å². The van der Waals surface area contributed by atoms with Gasteiger partial charge >= 0.3 is 6.18 Å². The summed E-state index contributed by atoms with van der Waals surface area (Å²) < 4.78 is 38.8. The topological polar surface area (TPSA) is 97.3 Å². The van der Waals surface area contributed by atoms with Gasteiger partial charge in [0, 0.05) is 30.9 Å². The predicted molar refractivity (Wildman–Crippen MR) is 128 cm³/mol. The molecule has 10 heteroatoms. The Kier molecular flexibility index (Phi) is 7.50. The SMILES string of the molecule is N#Cc1ccc(N2CCC([C@]3(NC(=O)CNC(=O)c4cccc(C(F)(F)F)c4)CCNC3)CC2)cc1. The number of nitrogens with zero attached hydrogens (tertiary/aromatic N) is 2. The van der Waals surface area contributed by atoms with Crippen molar-refractivity contribution in [2.24, 2.45) is 5.92 Å². The molecular formula is C26H28F3N5O2. The van der Waals surface area contributed by atoms with Crippen LogP contribution in [0.5, 0.6) is 0 Å². The van der Waals surface area contributed by atoms with Gasteiger partial charge in [0.2, 0.25) is 5.91 Å². The van der Waals surface area contributed by atoms with Crippen LogP contribution >= 0.6 is 0 Å². The average Bonchev–Trinajstić information content (AvgIpc) is 3.36. The van der Waals surface area contributed by atoms with Crippen LogP contribution in [-0.4, -0.2) is 50.1 Å². The summed E-state index contributed by atoms with van der Waals surface area (Å²) in [6.07, 6.45) is -2.04. The molecule has 2 aromatic rings. The monoisotopic (exact) mass is 499 g/mol. The lowest BCUT2D eigenvalue weighted by Crippen LogP contribution is -2.59. The summed E-state index contributed by atoms with van der Waals surface area (Å²) in [5.74, 6) is -0.857. The molecule has 2 amide bonds. The molecule has 7 nitrogen and oxygen atoms in total. The minimum atomic E-state index is -4.55. The van der Waals surface area contributed by atoms with E-state index in [0.29, 0.717) is 12.1 Å². The van der Waals surface area contributed by atoms with Crippen molar-refractivity contribution in [2.75, 3.05) is 37.6 Å². The largest absolute Gasteiger partial charge is 0.416 e. The van der Waals surface area contributed by atoms with E-state index in [-0.39, 0.29) is 23.9 Å². The fourth-order valence-corrected chi connectivity index (χ4v) is 5.13. The van der Waals surface area contributed by atoms with Gasteiger partial charge in [0.05, 0.1) is 29.3 Å². The van der Waals surface area contributed by atoms with Crippen molar-refractivity contribution in [3.05, 3.63) is 65.2 Å². The summed E-state index contributed by atoms with van der Waals surface area (Å²) in [6, 6.07) is 13.7. The molecular weight excluding hydrogens is 471 g/mol. The van der Waals surface area contributed by atoms with E-state index in [1.165, 1.54) is 12.1 Å². The maximum atomic E-state index is 12.9. The minimum absolute atomic E-state index is 0.148. The van der Waals surface area contributed by atoms with E-state index in [1.807, 2.05) is 12.1 Å². The van der Waals surface area contributed by atoms with Crippen LogP contribution in [0.4, 0.5) is 18.9 Å². The van der Waals surface area contributed by atoms with E-state index in [0.717, 1.165) is 56.7 Å². The normalized spacial score (nSPS) is 20.6. The van der Waals surface area contributed by atoms with Crippen molar-refractivity contribution < 1.29 is 22.8 Å². The van der Waals surface area contributed by atoms with Crippen molar-refractivity contribution in [3.8, 4) is 6.07 Å². The number of halogens is 3. The molecule has 4 rings (SSSR count). The number of hydrogen-bond acceptors (Lipinski definition) is 5. The van der Waals surface area contributed by atoms with E-state index in [1.54, 1.807) is 12.1 Å². The van der Waals surface area contributed by atoms with Crippen LogP contribution in [0.1, 0.15) is 40.7 Å². The lowest BCUT2D eigenvalue weighted by atomic mass is 9.76. The van der Waals surface area contributed by atoms with Gasteiger partial charge in [-0.2, -0.15) is 18.4 Å². The molecule has 0 saturated carbocycles. The summed E-state index contributed by atoms with van der Waals surface area (Å²) in [4.78, 5) is 27.4. The molecule has 190 valence electrons. The lowest BCUT2D eigenvalue weighted by Gasteiger charge is -2.43. The second-order valence-electron chi connectivity index (χ2n) is 9.31. The second kappa shape index (κ2) is 10.6. The number of carbonyl (C=O) groups is 2. The number of rotatable bonds is 6. The standard InChI is InChI=1S/C26H28F3N5O2/c27-26(28,29)21-3-1-2-19(14-21)24(36)32-16-23(35)33-25(10-11-31-17-25)20-8-12-34(13-9-20)22-6-4-18(15-30)5-7-22/h1-7,14,20,31H,8-13,16-17H2,(H,32,36)(H,33,35)/t25-/m0/s1. The van der Waals surface area contributed by atoms with Crippen molar-refractivity contribution in [1.29, 1.82) is 5.26 Å². The first-order valence-corrected chi connectivity index (χ1v) is 11.9. The third-order valence-electron chi connectivity index (χ3n) is 7.08. The Hall–Kier alpha value is -3.58. The Morgan fingerprint density at radius 2 is 1.86 bits per heavy atom. The molecule has 0 aromatic heterocycles. The average molecular weight is 500 g/mol. The first-order valence-electron chi connectivity index (χ1n) is 11.9. The van der Waals surface area contributed by atoms with Crippen LogP contribution in [0.2, 0.25) is 0 Å². The van der Waals surface area contributed by atoms with Gasteiger partial charge in [-0.1, -0.05) is 6.07 Å². The van der Waals surface area contributed by atoms with Gasteiger partial charge in [0.15, 0.2) is 0 Å². The number of piperidine rings is 1. The Bertz CT molecular complexity index is 1130. The van der Waals surface area contributed by atoms with E-state index >= 15 is 0 Å². The molecule has 0 spiro atoms. The quantitative estimate of drug-likeness (QED) is 0.568. The Morgan fingerprint density at radius 3 is 2.47 bits per heavy atom. The number of carbonyl (C=O) groups excluding carboxylic acids is 2. The highest BCUT2D eigenvalue weighted by molar-refractivity contribution is 5.96. The number of nitrogens with one attached hydrogen (secondary N) is 3. The van der Waals surface area contributed by atoms with Crippen LogP contribution in [-0.2, 0) is 11.0 Å². The number of amides is 2. The van der Waals surface area contributed by atoms with Crippen molar-refractivity contribution >= 4 is 17.5 Å². The van der Waals surface area contributed by atoms with E-state index in [9.17, 15) is 22.8 Å². The van der Waals surface area contributed by atoms with Gasteiger partial charge in [-0.25, -0.2) is 0 Å². The van der Waals surface area contributed by atoms with Crippen molar-refractivity contribution in [1.82, 2.24) is 16.0 Å². The number of anilines is 1. The smallest absolute Gasteiger partial charge is 0.372 e. The number of alkyl halides is 3. The van der Waals surface area contributed by atoms with Crippen LogP contribution in [0.25, 0.3) is 0 Å². The fourth-order valence-electron chi connectivity index (χ4n) is 5.13. The maximum Gasteiger partial charge on any atom is 0.416 e. The van der Waals surface area contributed by atoms with Gasteiger partial charge in [-0.05, 0) is 74.2 Å². The second-order valence-corrected chi connectivity index (χ2v) is 9.31. The zero-order valence-corrected chi connectivity index (χ0v) is 19.7. The predicted octanol–water partition coefficient (Wildman–Crippen LogP) is 3.07. The van der Waals surface area contributed by atoms with Gasteiger partial charge < -0.3 is 20.9 Å². The summed E-state index contributed by atoms with van der Waals surface area (Å²) >= 11 is 0. The van der Waals surface area contributed by atoms with Crippen molar-refractivity contribution in [2.45, 2.75) is 31.0 Å². The highest BCUT2D eigenvalue weighted by Crippen LogP contribution is 2.34. The molecule has 1 atom stereocenters. The fraction of sp³-hybridized carbons (Fsp3) is 0.423. The zero-order chi connectivity index (χ0) is 25.8. The first-order chi connectivity index (χ1) is 17.2. The Labute approximate surface area is 207 Å². The summed E-state index contributed by atoms with van der Waals surface area (Å²) in [7, 11) is 0. The van der Waals surface area contributed by atoms with Crippen molar-refractivity contribution in [3.63, 3.8) is 0 Å². The number of nitriles is 1. The molecule has 0 unspecified atom stereocenters.